The van der Waals surface area contributed by atoms with Gasteiger partial charge in [0.25, 0.3) is 0 Å². The van der Waals surface area contributed by atoms with Crippen molar-refractivity contribution in [3.8, 4) is 5.88 Å². The first-order valence-corrected chi connectivity index (χ1v) is 6.09. The summed E-state index contributed by atoms with van der Waals surface area (Å²) >= 11 is 5.51. The molecule has 2 rings (SSSR count). The summed E-state index contributed by atoms with van der Waals surface area (Å²) in [6.07, 6.45) is 6.51. The number of alkyl halides is 1. The highest BCUT2D eigenvalue weighted by molar-refractivity contribution is 6.27. The average molecular weight is 256 g/mol. The summed E-state index contributed by atoms with van der Waals surface area (Å²) in [7, 11) is 0. The van der Waals surface area contributed by atoms with Gasteiger partial charge in [0, 0.05) is 38.3 Å². The molecule has 6 heteroatoms. The molecule has 2 heterocycles. The molecule has 0 bridgehead atoms. The number of likely N-dealkylation sites (tertiary alicyclic amines) is 1. The Kier molecular flexibility index (Phi) is 4.14. The summed E-state index contributed by atoms with van der Waals surface area (Å²) in [6, 6.07) is 0. The summed E-state index contributed by atoms with van der Waals surface area (Å²) in [6.45, 7) is 1.38. The predicted molar refractivity (Wildman–Crippen MR) is 63.0 cm³/mol. The molecule has 1 aromatic heterocycles. The Morgan fingerprint density at radius 3 is 2.82 bits per heavy atom. The van der Waals surface area contributed by atoms with Crippen LogP contribution in [0.4, 0.5) is 0 Å². The summed E-state index contributed by atoms with van der Waals surface area (Å²) in [5.74, 6) is 0.578. The number of rotatable bonds is 3. The van der Waals surface area contributed by atoms with Gasteiger partial charge in [-0.1, -0.05) is 0 Å². The fraction of sp³-hybridized carbons (Fsp3) is 0.545. The van der Waals surface area contributed by atoms with Crippen LogP contribution in [-0.4, -0.2) is 45.8 Å². The Balaban J connectivity index is 1.82. The van der Waals surface area contributed by atoms with Gasteiger partial charge >= 0.3 is 0 Å². The SMILES string of the molecule is O=C(CCl)N1CCC(Oc2cnccn2)CC1. The van der Waals surface area contributed by atoms with Crippen LogP contribution in [-0.2, 0) is 4.79 Å². The maximum Gasteiger partial charge on any atom is 0.237 e. The van der Waals surface area contributed by atoms with E-state index >= 15 is 0 Å². The van der Waals surface area contributed by atoms with Gasteiger partial charge in [0.05, 0.1) is 6.20 Å². The van der Waals surface area contributed by atoms with Crippen LogP contribution in [0.25, 0.3) is 0 Å². The maximum absolute atomic E-state index is 11.4. The molecule has 92 valence electrons. The van der Waals surface area contributed by atoms with E-state index in [-0.39, 0.29) is 17.9 Å². The molecule has 0 spiro atoms. The normalized spacial score (nSPS) is 16.9. The first-order valence-electron chi connectivity index (χ1n) is 5.56. The van der Waals surface area contributed by atoms with Crippen LogP contribution in [0, 0.1) is 0 Å². The van der Waals surface area contributed by atoms with E-state index in [1.165, 1.54) is 0 Å². The molecule has 0 radical (unpaired) electrons. The molecule has 1 aromatic rings. The second-order valence-electron chi connectivity index (χ2n) is 3.88. The Bertz CT molecular complexity index is 366. The smallest absolute Gasteiger partial charge is 0.237 e. The minimum Gasteiger partial charge on any atom is -0.473 e. The molecule has 5 nitrogen and oxygen atoms in total. The quantitative estimate of drug-likeness (QED) is 0.759. The van der Waals surface area contributed by atoms with Gasteiger partial charge in [0.1, 0.15) is 12.0 Å². The summed E-state index contributed by atoms with van der Waals surface area (Å²) in [5.41, 5.74) is 0. The monoisotopic (exact) mass is 255 g/mol. The van der Waals surface area contributed by atoms with E-state index in [4.69, 9.17) is 16.3 Å². The number of piperidine rings is 1. The first-order chi connectivity index (χ1) is 8.29. The largest absolute Gasteiger partial charge is 0.473 e. The van der Waals surface area contributed by atoms with Gasteiger partial charge in [-0.05, 0) is 0 Å². The second kappa shape index (κ2) is 5.82. The highest BCUT2D eigenvalue weighted by atomic mass is 35.5. The first kappa shape index (κ1) is 12.1. The summed E-state index contributed by atoms with van der Waals surface area (Å²) in [4.78, 5) is 21.1. The Morgan fingerprint density at radius 2 is 2.24 bits per heavy atom. The Hall–Kier alpha value is -1.36. The zero-order valence-corrected chi connectivity index (χ0v) is 10.1. The molecule has 0 aromatic carbocycles. The van der Waals surface area contributed by atoms with Crippen LogP contribution in [0.1, 0.15) is 12.8 Å². The minimum absolute atomic E-state index is 0.00961. The third-order valence-corrected chi connectivity index (χ3v) is 2.96. The number of ether oxygens (including phenoxy) is 1. The van der Waals surface area contributed by atoms with E-state index in [0.29, 0.717) is 19.0 Å². The minimum atomic E-state index is -0.00961. The molecule has 0 aliphatic carbocycles. The lowest BCUT2D eigenvalue weighted by molar-refractivity contribution is -0.130. The zero-order chi connectivity index (χ0) is 12.1. The van der Waals surface area contributed by atoms with Crippen molar-refractivity contribution in [3.05, 3.63) is 18.6 Å². The molecule has 1 aliphatic heterocycles. The van der Waals surface area contributed by atoms with Crippen molar-refractivity contribution in [2.24, 2.45) is 0 Å². The molecular formula is C11H14ClN3O2. The van der Waals surface area contributed by atoms with Crippen molar-refractivity contribution in [2.45, 2.75) is 18.9 Å². The lowest BCUT2D eigenvalue weighted by atomic mass is 10.1. The number of carbonyl (C=O) groups excluding carboxylic acids is 1. The number of hydrogen-bond acceptors (Lipinski definition) is 4. The van der Waals surface area contributed by atoms with Crippen molar-refractivity contribution in [1.29, 1.82) is 0 Å². The topological polar surface area (TPSA) is 55.3 Å². The molecule has 1 saturated heterocycles. The number of amides is 1. The Morgan fingerprint density at radius 1 is 1.47 bits per heavy atom. The highest BCUT2D eigenvalue weighted by Gasteiger charge is 2.23. The van der Waals surface area contributed by atoms with Crippen molar-refractivity contribution >= 4 is 17.5 Å². The van der Waals surface area contributed by atoms with Crippen LogP contribution in [0.3, 0.4) is 0 Å². The predicted octanol–water partition coefficient (Wildman–Crippen LogP) is 1.09. The van der Waals surface area contributed by atoms with Crippen molar-refractivity contribution < 1.29 is 9.53 Å². The fourth-order valence-electron chi connectivity index (χ4n) is 1.82. The van der Waals surface area contributed by atoms with E-state index in [9.17, 15) is 4.79 Å². The number of halogens is 1. The second-order valence-corrected chi connectivity index (χ2v) is 4.14. The van der Waals surface area contributed by atoms with E-state index in [2.05, 4.69) is 9.97 Å². The molecular weight excluding hydrogens is 242 g/mol. The summed E-state index contributed by atoms with van der Waals surface area (Å²) in [5, 5.41) is 0. The van der Waals surface area contributed by atoms with Crippen LogP contribution in [0.15, 0.2) is 18.6 Å². The average Bonchev–Trinajstić information content (AvgIpc) is 2.40. The number of nitrogens with zero attached hydrogens (tertiary/aromatic N) is 3. The van der Waals surface area contributed by atoms with Crippen molar-refractivity contribution in [1.82, 2.24) is 14.9 Å². The summed E-state index contributed by atoms with van der Waals surface area (Å²) < 4.78 is 5.67. The standard InChI is InChI=1S/C11H14ClN3O2/c12-7-11(16)15-5-1-9(2-6-15)17-10-8-13-3-4-14-10/h3-4,8-9H,1-2,5-7H2. The van der Waals surface area contributed by atoms with Gasteiger partial charge in [0.15, 0.2) is 0 Å². The van der Waals surface area contributed by atoms with Crippen LogP contribution < -0.4 is 4.74 Å². The van der Waals surface area contributed by atoms with Crippen LogP contribution in [0.5, 0.6) is 5.88 Å². The third kappa shape index (κ3) is 3.30. The van der Waals surface area contributed by atoms with Gasteiger partial charge < -0.3 is 9.64 Å². The van der Waals surface area contributed by atoms with E-state index in [0.717, 1.165) is 12.8 Å². The molecule has 0 atom stereocenters. The molecule has 1 fully saturated rings. The molecule has 0 N–H and O–H groups in total. The fourth-order valence-corrected chi connectivity index (χ4v) is 1.99. The van der Waals surface area contributed by atoms with E-state index in [1.54, 1.807) is 23.5 Å². The van der Waals surface area contributed by atoms with Crippen LogP contribution >= 0.6 is 11.6 Å². The van der Waals surface area contributed by atoms with Crippen LogP contribution in [0.2, 0.25) is 0 Å². The van der Waals surface area contributed by atoms with Crippen molar-refractivity contribution in [2.75, 3.05) is 19.0 Å². The zero-order valence-electron chi connectivity index (χ0n) is 9.38. The van der Waals surface area contributed by atoms with Crippen molar-refractivity contribution in [3.63, 3.8) is 0 Å². The maximum atomic E-state index is 11.4. The molecule has 17 heavy (non-hydrogen) atoms. The molecule has 0 saturated carbocycles. The molecule has 1 aliphatic rings. The van der Waals surface area contributed by atoms with E-state index in [1.807, 2.05) is 0 Å². The van der Waals surface area contributed by atoms with E-state index < -0.39 is 0 Å². The molecule has 1 amide bonds. The number of hydrogen-bond donors (Lipinski definition) is 0. The molecule has 0 unspecified atom stereocenters. The van der Waals surface area contributed by atoms with Gasteiger partial charge in [-0.15, -0.1) is 11.6 Å². The van der Waals surface area contributed by atoms with Gasteiger partial charge in [-0.3, -0.25) is 9.78 Å². The van der Waals surface area contributed by atoms with Gasteiger partial charge in [-0.25, -0.2) is 4.98 Å². The van der Waals surface area contributed by atoms with Gasteiger partial charge in [-0.2, -0.15) is 0 Å². The van der Waals surface area contributed by atoms with Gasteiger partial charge in [0.2, 0.25) is 11.8 Å². The Labute approximate surface area is 105 Å². The number of carbonyl (C=O) groups is 1. The lowest BCUT2D eigenvalue weighted by Gasteiger charge is -2.31. The third-order valence-electron chi connectivity index (χ3n) is 2.74. The lowest BCUT2D eigenvalue weighted by Crippen LogP contribution is -2.42. The highest BCUT2D eigenvalue weighted by Crippen LogP contribution is 2.16. The number of aromatic nitrogens is 2.